The SMILES string of the molecule is CCCCCCNC(=S)Nc1cc(/C=C/C(=O)NO)ccc1OCCN(CC)CC. The van der Waals surface area contributed by atoms with Crippen LogP contribution in [-0.2, 0) is 4.79 Å². The zero-order valence-corrected chi connectivity index (χ0v) is 19.2. The fourth-order valence-corrected chi connectivity index (χ4v) is 3.04. The van der Waals surface area contributed by atoms with Crippen molar-refractivity contribution in [3.8, 4) is 5.75 Å². The third-order valence-electron chi connectivity index (χ3n) is 4.66. The second-order valence-electron chi connectivity index (χ2n) is 6.88. The summed E-state index contributed by atoms with van der Waals surface area (Å²) in [6, 6.07) is 5.56. The van der Waals surface area contributed by atoms with Crippen LogP contribution >= 0.6 is 12.2 Å². The quantitative estimate of drug-likeness (QED) is 0.116. The van der Waals surface area contributed by atoms with Gasteiger partial charge in [-0.25, -0.2) is 5.48 Å². The molecule has 1 amide bonds. The molecule has 168 valence electrons. The second-order valence-corrected chi connectivity index (χ2v) is 7.29. The van der Waals surface area contributed by atoms with Crippen LogP contribution in [0.2, 0.25) is 0 Å². The van der Waals surface area contributed by atoms with Gasteiger partial charge in [0.05, 0.1) is 5.69 Å². The van der Waals surface area contributed by atoms with Gasteiger partial charge in [0.25, 0.3) is 5.91 Å². The van der Waals surface area contributed by atoms with Crippen LogP contribution in [0.1, 0.15) is 52.0 Å². The topological polar surface area (TPSA) is 85.9 Å². The highest BCUT2D eigenvalue weighted by Crippen LogP contribution is 2.26. The lowest BCUT2D eigenvalue weighted by atomic mass is 10.1. The summed E-state index contributed by atoms with van der Waals surface area (Å²) in [7, 11) is 0. The van der Waals surface area contributed by atoms with E-state index in [4.69, 9.17) is 22.2 Å². The van der Waals surface area contributed by atoms with Gasteiger partial charge in [-0.1, -0.05) is 46.1 Å². The Balaban J connectivity index is 2.80. The number of nitrogens with zero attached hydrogens (tertiary/aromatic N) is 1. The fourth-order valence-electron chi connectivity index (χ4n) is 2.83. The summed E-state index contributed by atoms with van der Waals surface area (Å²) >= 11 is 5.43. The summed E-state index contributed by atoms with van der Waals surface area (Å²) in [6.07, 6.45) is 7.54. The molecule has 1 aromatic carbocycles. The lowest BCUT2D eigenvalue weighted by Gasteiger charge is -2.20. The van der Waals surface area contributed by atoms with Gasteiger partial charge >= 0.3 is 0 Å². The number of amides is 1. The lowest BCUT2D eigenvalue weighted by molar-refractivity contribution is -0.124. The van der Waals surface area contributed by atoms with Gasteiger partial charge in [-0.05, 0) is 55.5 Å². The van der Waals surface area contributed by atoms with Crippen molar-refractivity contribution >= 4 is 35.0 Å². The summed E-state index contributed by atoms with van der Waals surface area (Å²) in [5, 5.41) is 15.6. The van der Waals surface area contributed by atoms with Crippen molar-refractivity contribution in [3.05, 3.63) is 29.8 Å². The molecule has 1 aromatic rings. The third kappa shape index (κ3) is 10.6. The van der Waals surface area contributed by atoms with E-state index in [9.17, 15) is 4.79 Å². The van der Waals surface area contributed by atoms with Crippen LogP contribution in [0.25, 0.3) is 6.08 Å². The maximum atomic E-state index is 11.2. The standard InChI is InChI=1S/C22H36N4O3S/c1-4-7-8-9-14-23-22(30)24-19-17-18(11-13-21(27)25-28)10-12-20(19)29-16-15-26(5-2)6-3/h10-13,17,28H,4-9,14-16H2,1-3H3,(H,25,27)(H2,23,24,30)/b13-11+. The Morgan fingerprint density at radius 3 is 2.63 bits per heavy atom. The first kappa shape index (κ1) is 25.9. The number of hydroxylamine groups is 1. The largest absolute Gasteiger partial charge is 0.490 e. The summed E-state index contributed by atoms with van der Waals surface area (Å²) in [4.78, 5) is 13.5. The zero-order valence-electron chi connectivity index (χ0n) is 18.4. The molecule has 0 radical (unpaired) electrons. The monoisotopic (exact) mass is 436 g/mol. The van der Waals surface area contributed by atoms with E-state index in [1.54, 1.807) is 11.6 Å². The highest BCUT2D eigenvalue weighted by molar-refractivity contribution is 7.80. The Bertz CT molecular complexity index is 678. The number of rotatable bonds is 14. The van der Waals surface area contributed by atoms with E-state index in [0.717, 1.165) is 43.9 Å². The van der Waals surface area contributed by atoms with E-state index < -0.39 is 5.91 Å². The number of hydrogen-bond acceptors (Lipinski definition) is 5. The smallest absolute Gasteiger partial charge is 0.267 e. The summed E-state index contributed by atoms with van der Waals surface area (Å²) in [5.74, 6) is 0.106. The average molecular weight is 437 g/mol. The zero-order chi connectivity index (χ0) is 22.2. The van der Waals surface area contributed by atoms with Gasteiger partial charge in [0, 0.05) is 19.2 Å². The number of carbonyl (C=O) groups excluding carboxylic acids is 1. The Kier molecular flexibility index (Phi) is 13.5. The van der Waals surface area contributed by atoms with Gasteiger partial charge in [0.2, 0.25) is 0 Å². The summed E-state index contributed by atoms with van der Waals surface area (Å²) in [5.41, 5.74) is 3.09. The number of ether oxygens (including phenoxy) is 1. The van der Waals surface area contributed by atoms with Gasteiger partial charge in [-0.2, -0.15) is 0 Å². The molecule has 0 unspecified atom stereocenters. The van der Waals surface area contributed by atoms with Gasteiger partial charge in [-0.3, -0.25) is 10.0 Å². The molecule has 0 aliphatic carbocycles. The minimum atomic E-state index is -0.590. The van der Waals surface area contributed by atoms with E-state index in [1.165, 1.54) is 25.3 Å². The van der Waals surface area contributed by atoms with E-state index in [0.29, 0.717) is 17.5 Å². The van der Waals surface area contributed by atoms with Crippen LogP contribution in [-0.4, -0.2) is 53.9 Å². The second kappa shape index (κ2) is 15.6. The molecule has 0 fully saturated rings. The maximum absolute atomic E-state index is 11.2. The molecule has 0 heterocycles. The van der Waals surface area contributed by atoms with E-state index in [2.05, 4.69) is 36.3 Å². The van der Waals surface area contributed by atoms with Crippen molar-refractivity contribution in [3.63, 3.8) is 0 Å². The van der Waals surface area contributed by atoms with Crippen molar-refractivity contribution in [2.75, 3.05) is 38.1 Å². The van der Waals surface area contributed by atoms with Crippen molar-refractivity contribution in [2.24, 2.45) is 0 Å². The van der Waals surface area contributed by atoms with Crippen LogP contribution in [0.3, 0.4) is 0 Å². The third-order valence-corrected chi connectivity index (χ3v) is 4.91. The first-order chi connectivity index (χ1) is 14.5. The molecular weight excluding hydrogens is 400 g/mol. The van der Waals surface area contributed by atoms with Crippen LogP contribution < -0.4 is 20.9 Å². The molecule has 0 atom stereocenters. The lowest BCUT2D eigenvalue weighted by Crippen LogP contribution is -2.30. The first-order valence-electron chi connectivity index (χ1n) is 10.7. The Labute approximate surface area is 185 Å². The molecule has 0 saturated carbocycles. The number of likely N-dealkylation sites (N-methyl/N-ethyl adjacent to an activating group) is 1. The van der Waals surface area contributed by atoms with Crippen LogP contribution in [0, 0.1) is 0 Å². The molecule has 7 nitrogen and oxygen atoms in total. The average Bonchev–Trinajstić information content (AvgIpc) is 2.76. The molecule has 0 aromatic heterocycles. The summed E-state index contributed by atoms with van der Waals surface area (Å²) < 4.78 is 6.00. The molecule has 0 aliphatic heterocycles. The minimum Gasteiger partial charge on any atom is -0.490 e. The number of thiocarbonyl (C=S) groups is 1. The number of hydrogen-bond donors (Lipinski definition) is 4. The van der Waals surface area contributed by atoms with E-state index >= 15 is 0 Å². The van der Waals surface area contributed by atoms with Crippen molar-refractivity contribution in [1.29, 1.82) is 0 Å². The van der Waals surface area contributed by atoms with Crippen LogP contribution in [0.15, 0.2) is 24.3 Å². The molecule has 0 saturated heterocycles. The molecule has 1 rings (SSSR count). The molecule has 0 aliphatic rings. The molecule has 0 spiro atoms. The highest BCUT2D eigenvalue weighted by atomic mass is 32.1. The molecular formula is C22H36N4O3S. The normalized spacial score (nSPS) is 11.0. The van der Waals surface area contributed by atoms with E-state index in [1.807, 2.05) is 18.2 Å². The minimum absolute atomic E-state index is 0.536. The molecule has 8 heteroatoms. The molecule has 30 heavy (non-hydrogen) atoms. The number of unbranched alkanes of at least 4 members (excludes halogenated alkanes) is 3. The van der Waals surface area contributed by atoms with Crippen LogP contribution in [0.5, 0.6) is 5.75 Å². The van der Waals surface area contributed by atoms with Gasteiger partial charge in [-0.15, -0.1) is 0 Å². The molecule has 0 bridgehead atoms. The van der Waals surface area contributed by atoms with Crippen LogP contribution in [0.4, 0.5) is 5.69 Å². The van der Waals surface area contributed by atoms with Gasteiger partial charge < -0.3 is 20.3 Å². The van der Waals surface area contributed by atoms with E-state index in [-0.39, 0.29) is 0 Å². The Morgan fingerprint density at radius 1 is 1.20 bits per heavy atom. The predicted molar refractivity (Wildman–Crippen MR) is 127 cm³/mol. The highest BCUT2D eigenvalue weighted by Gasteiger charge is 2.08. The number of anilines is 1. The van der Waals surface area contributed by atoms with Crippen molar-refractivity contribution < 1.29 is 14.7 Å². The number of benzene rings is 1. The Morgan fingerprint density at radius 2 is 1.97 bits per heavy atom. The van der Waals surface area contributed by atoms with Gasteiger partial charge in [0.15, 0.2) is 5.11 Å². The predicted octanol–water partition coefficient (Wildman–Crippen LogP) is 3.79. The number of carbonyl (C=O) groups is 1. The Hall–Kier alpha value is -2.16. The fraction of sp³-hybridized carbons (Fsp3) is 0.545. The summed E-state index contributed by atoms with van der Waals surface area (Å²) in [6.45, 7) is 10.6. The number of nitrogens with one attached hydrogen (secondary N) is 3. The van der Waals surface area contributed by atoms with Crippen molar-refractivity contribution in [1.82, 2.24) is 15.7 Å². The molecule has 4 N–H and O–H groups in total. The van der Waals surface area contributed by atoms with Gasteiger partial charge in [0.1, 0.15) is 12.4 Å². The van der Waals surface area contributed by atoms with Crippen molar-refractivity contribution in [2.45, 2.75) is 46.5 Å². The maximum Gasteiger partial charge on any atom is 0.267 e. The first-order valence-corrected chi connectivity index (χ1v) is 11.1.